The highest BCUT2D eigenvalue weighted by Crippen LogP contribution is 2.07. The summed E-state index contributed by atoms with van der Waals surface area (Å²) in [5, 5.41) is 3.35. The molecule has 0 aliphatic heterocycles. The normalized spacial score (nSPS) is 10.8. The molecule has 0 amide bonds. The Morgan fingerprint density at radius 3 is 2.65 bits per heavy atom. The number of nitrogens with zero attached hydrogens (tertiary/aromatic N) is 3. The van der Waals surface area contributed by atoms with Gasteiger partial charge in [-0.05, 0) is 39.4 Å². The molecule has 0 unspecified atom stereocenters. The second kappa shape index (κ2) is 8.01. The van der Waals surface area contributed by atoms with Crippen LogP contribution in [0.25, 0.3) is 0 Å². The van der Waals surface area contributed by atoms with E-state index in [1.165, 1.54) is 19.4 Å². The van der Waals surface area contributed by atoms with Gasteiger partial charge in [-0.1, -0.05) is 13.8 Å². The van der Waals surface area contributed by atoms with Gasteiger partial charge in [0, 0.05) is 18.3 Å². The SMILES string of the molecule is CCN(CC)CCCCNc1ncncc1C. The van der Waals surface area contributed by atoms with Crippen LogP contribution in [0.1, 0.15) is 32.3 Å². The summed E-state index contributed by atoms with van der Waals surface area (Å²) in [5.74, 6) is 0.961. The minimum absolute atomic E-state index is 0.961. The molecule has 0 aliphatic carbocycles. The maximum Gasteiger partial charge on any atom is 0.132 e. The van der Waals surface area contributed by atoms with Gasteiger partial charge in [0.15, 0.2) is 0 Å². The van der Waals surface area contributed by atoms with E-state index in [-0.39, 0.29) is 0 Å². The molecule has 0 atom stereocenters. The third kappa shape index (κ3) is 5.13. The molecular weight excluding hydrogens is 212 g/mol. The van der Waals surface area contributed by atoms with Gasteiger partial charge >= 0.3 is 0 Å². The Hall–Kier alpha value is -1.16. The summed E-state index contributed by atoms with van der Waals surface area (Å²) in [4.78, 5) is 10.6. The molecule has 0 aliphatic rings. The Labute approximate surface area is 104 Å². The molecule has 4 heteroatoms. The Morgan fingerprint density at radius 1 is 1.24 bits per heavy atom. The molecule has 0 saturated heterocycles. The van der Waals surface area contributed by atoms with Gasteiger partial charge in [-0.2, -0.15) is 0 Å². The van der Waals surface area contributed by atoms with Crippen molar-refractivity contribution in [3.63, 3.8) is 0 Å². The molecule has 0 saturated carbocycles. The molecule has 0 radical (unpaired) electrons. The van der Waals surface area contributed by atoms with Crippen molar-refractivity contribution >= 4 is 5.82 Å². The van der Waals surface area contributed by atoms with Gasteiger partial charge in [-0.15, -0.1) is 0 Å². The lowest BCUT2D eigenvalue weighted by Gasteiger charge is -2.17. The molecule has 1 rings (SSSR count). The smallest absolute Gasteiger partial charge is 0.132 e. The average molecular weight is 236 g/mol. The fourth-order valence-electron chi connectivity index (χ4n) is 1.79. The second-order valence-electron chi connectivity index (χ2n) is 4.22. The maximum absolute atomic E-state index is 4.21. The number of hydrogen-bond donors (Lipinski definition) is 1. The first-order valence-electron chi connectivity index (χ1n) is 6.50. The zero-order valence-corrected chi connectivity index (χ0v) is 11.2. The summed E-state index contributed by atoms with van der Waals surface area (Å²) in [6.07, 6.45) is 5.84. The van der Waals surface area contributed by atoms with Gasteiger partial charge in [-0.3, -0.25) is 0 Å². The van der Waals surface area contributed by atoms with Crippen LogP contribution in [0.15, 0.2) is 12.5 Å². The Kier molecular flexibility index (Phi) is 6.55. The average Bonchev–Trinajstić information content (AvgIpc) is 2.36. The van der Waals surface area contributed by atoms with E-state index in [1.807, 2.05) is 13.1 Å². The van der Waals surface area contributed by atoms with Crippen LogP contribution in [0, 0.1) is 6.92 Å². The number of aryl methyl sites for hydroxylation is 1. The standard InChI is InChI=1S/C13H24N4/c1-4-17(5-2)9-7-6-8-15-13-12(3)10-14-11-16-13/h10-11H,4-9H2,1-3H3,(H,14,15,16). The van der Waals surface area contributed by atoms with Crippen molar-refractivity contribution in [3.05, 3.63) is 18.1 Å². The number of rotatable bonds is 8. The van der Waals surface area contributed by atoms with Crippen LogP contribution in [0.4, 0.5) is 5.82 Å². The van der Waals surface area contributed by atoms with E-state index in [0.717, 1.165) is 31.0 Å². The third-order valence-corrected chi connectivity index (χ3v) is 2.98. The summed E-state index contributed by atoms with van der Waals surface area (Å²) in [6.45, 7) is 10.9. The molecular formula is C13H24N4. The monoisotopic (exact) mass is 236 g/mol. The number of nitrogens with one attached hydrogen (secondary N) is 1. The van der Waals surface area contributed by atoms with Crippen LogP contribution in [0.3, 0.4) is 0 Å². The first-order chi connectivity index (χ1) is 8.27. The van der Waals surface area contributed by atoms with Gasteiger partial charge < -0.3 is 10.2 Å². The highest BCUT2D eigenvalue weighted by atomic mass is 15.1. The van der Waals surface area contributed by atoms with Crippen molar-refractivity contribution in [1.29, 1.82) is 0 Å². The predicted molar refractivity (Wildman–Crippen MR) is 72.3 cm³/mol. The summed E-state index contributed by atoms with van der Waals surface area (Å²) < 4.78 is 0. The fraction of sp³-hybridized carbons (Fsp3) is 0.692. The van der Waals surface area contributed by atoms with Gasteiger partial charge in [0.2, 0.25) is 0 Å². The first-order valence-corrected chi connectivity index (χ1v) is 6.50. The van der Waals surface area contributed by atoms with Crippen LogP contribution in [0.2, 0.25) is 0 Å². The van der Waals surface area contributed by atoms with Crippen molar-refractivity contribution < 1.29 is 0 Å². The molecule has 1 aromatic rings. The number of unbranched alkanes of at least 4 members (excludes halogenated alkanes) is 1. The molecule has 1 heterocycles. The number of hydrogen-bond acceptors (Lipinski definition) is 4. The number of anilines is 1. The molecule has 0 fully saturated rings. The summed E-state index contributed by atoms with van der Waals surface area (Å²) in [7, 11) is 0. The van der Waals surface area contributed by atoms with E-state index < -0.39 is 0 Å². The molecule has 0 bridgehead atoms. The van der Waals surface area contributed by atoms with Crippen LogP contribution in [0.5, 0.6) is 0 Å². The van der Waals surface area contributed by atoms with Crippen molar-refractivity contribution in [3.8, 4) is 0 Å². The topological polar surface area (TPSA) is 41.0 Å². The van der Waals surface area contributed by atoms with Crippen molar-refractivity contribution in [2.45, 2.75) is 33.6 Å². The summed E-state index contributed by atoms with van der Waals surface area (Å²) in [6, 6.07) is 0. The highest BCUT2D eigenvalue weighted by molar-refractivity contribution is 5.40. The van der Waals surface area contributed by atoms with Crippen LogP contribution >= 0.6 is 0 Å². The van der Waals surface area contributed by atoms with E-state index in [4.69, 9.17) is 0 Å². The molecule has 1 N–H and O–H groups in total. The first kappa shape index (κ1) is 13.9. The Morgan fingerprint density at radius 2 is 2.00 bits per heavy atom. The lowest BCUT2D eigenvalue weighted by atomic mass is 10.2. The van der Waals surface area contributed by atoms with E-state index in [9.17, 15) is 0 Å². The maximum atomic E-state index is 4.21. The van der Waals surface area contributed by atoms with Gasteiger partial charge in [0.05, 0.1) is 0 Å². The molecule has 4 nitrogen and oxygen atoms in total. The number of aromatic nitrogens is 2. The third-order valence-electron chi connectivity index (χ3n) is 2.98. The molecule has 0 spiro atoms. The molecule has 17 heavy (non-hydrogen) atoms. The van der Waals surface area contributed by atoms with E-state index in [1.54, 1.807) is 6.33 Å². The van der Waals surface area contributed by atoms with Crippen LogP contribution in [-0.2, 0) is 0 Å². The van der Waals surface area contributed by atoms with Crippen LogP contribution < -0.4 is 5.32 Å². The largest absolute Gasteiger partial charge is 0.370 e. The minimum Gasteiger partial charge on any atom is -0.370 e. The fourth-order valence-corrected chi connectivity index (χ4v) is 1.79. The Balaban J connectivity index is 2.14. The van der Waals surface area contributed by atoms with Crippen molar-refractivity contribution in [2.75, 3.05) is 31.5 Å². The second-order valence-corrected chi connectivity index (χ2v) is 4.22. The minimum atomic E-state index is 0.961. The quantitative estimate of drug-likeness (QED) is 0.703. The van der Waals surface area contributed by atoms with Crippen LogP contribution in [-0.4, -0.2) is 41.0 Å². The highest BCUT2D eigenvalue weighted by Gasteiger charge is 1.99. The van der Waals surface area contributed by atoms with Gasteiger partial charge in [0.1, 0.15) is 12.1 Å². The molecule has 96 valence electrons. The summed E-state index contributed by atoms with van der Waals surface area (Å²) in [5.41, 5.74) is 1.11. The van der Waals surface area contributed by atoms with Gasteiger partial charge in [0.25, 0.3) is 0 Å². The van der Waals surface area contributed by atoms with Crippen molar-refractivity contribution in [2.24, 2.45) is 0 Å². The van der Waals surface area contributed by atoms with E-state index in [2.05, 4.69) is 34.0 Å². The zero-order chi connectivity index (χ0) is 12.5. The van der Waals surface area contributed by atoms with Crippen molar-refractivity contribution in [1.82, 2.24) is 14.9 Å². The predicted octanol–water partition coefficient (Wildman–Crippen LogP) is 2.32. The lowest BCUT2D eigenvalue weighted by Crippen LogP contribution is -2.24. The molecule has 1 aromatic heterocycles. The zero-order valence-electron chi connectivity index (χ0n) is 11.2. The Bertz CT molecular complexity index is 310. The lowest BCUT2D eigenvalue weighted by molar-refractivity contribution is 0.298. The van der Waals surface area contributed by atoms with Gasteiger partial charge in [-0.25, -0.2) is 9.97 Å². The van der Waals surface area contributed by atoms with E-state index >= 15 is 0 Å². The summed E-state index contributed by atoms with van der Waals surface area (Å²) >= 11 is 0. The van der Waals surface area contributed by atoms with E-state index in [0.29, 0.717) is 0 Å². The molecule has 0 aromatic carbocycles.